The Morgan fingerprint density at radius 3 is 2.67 bits per heavy atom. The highest BCUT2D eigenvalue weighted by atomic mass is 16.5. The molecule has 0 amide bonds. The summed E-state index contributed by atoms with van der Waals surface area (Å²) in [6.45, 7) is 4.25. The van der Waals surface area contributed by atoms with Gasteiger partial charge in [-0.3, -0.25) is 4.79 Å². The van der Waals surface area contributed by atoms with Crippen LogP contribution < -0.4 is 0 Å². The van der Waals surface area contributed by atoms with Crippen LogP contribution in [0.3, 0.4) is 0 Å². The summed E-state index contributed by atoms with van der Waals surface area (Å²) in [5.74, 6) is -1.47. The lowest BCUT2D eigenvalue weighted by Crippen LogP contribution is -2.03. The van der Waals surface area contributed by atoms with Crippen LogP contribution in [0, 0.1) is 17.3 Å². The second kappa shape index (κ2) is 3.08. The molecule has 2 aliphatic rings. The number of carboxylic acid groups (broad SMARTS) is 1. The fourth-order valence-electron chi connectivity index (χ4n) is 2.28. The summed E-state index contributed by atoms with van der Waals surface area (Å²) in [5.41, 5.74) is 0.402. The number of ether oxygens (including phenoxy) is 1. The zero-order valence-corrected chi connectivity index (χ0v) is 8.82. The molecule has 0 aromatic heterocycles. The molecule has 15 heavy (non-hydrogen) atoms. The van der Waals surface area contributed by atoms with Crippen LogP contribution in [-0.2, 0) is 14.3 Å². The highest BCUT2D eigenvalue weighted by molar-refractivity contribution is 5.90. The second-order valence-electron chi connectivity index (χ2n) is 4.74. The van der Waals surface area contributed by atoms with Crippen LogP contribution in [-0.4, -0.2) is 23.7 Å². The number of rotatable bonds is 2. The molecular formula is C11H14O4. The van der Waals surface area contributed by atoms with Crippen molar-refractivity contribution in [2.45, 2.75) is 20.3 Å². The Labute approximate surface area is 87.9 Å². The number of hydrogen-bond acceptors (Lipinski definition) is 3. The Hall–Kier alpha value is -1.32. The van der Waals surface area contributed by atoms with E-state index in [1.807, 2.05) is 13.8 Å². The third-order valence-electron chi connectivity index (χ3n) is 3.42. The van der Waals surface area contributed by atoms with Crippen LogP contribution >= 0.6 is 0 Å². The molecule has 1 saturated heterocycles. The van der Waals surface area contributed by atoms with Crippen molar-refractivity contribution in [2.24, 2.45) is 17.3 Å². The predicted molar refractivity (Wildman–Crippen MR) is 52.1 cm³/mol. The van der Waals surface area contributed by atoms with Gasteiger partial charge in [0.05, 0.1) is 12.5 Å². The Balaban J connectivity index is 2.15. The number of esters is 1. The Morgan fingerprint density at radius 2 is 2.27 bits per heavy atom. The van der Waals surface area contributed by atoms with E-state index in [1.165, 1.54) is 0 Å². The molecule has 0 radical (unpaired) electrons. The molecule has 4 heteroatoms. The smallest absolute Gasteiger partial charge is 0.333 e. The van der Waals surface area contributed by atoms with Crippen LogP contribution in [0.1, 0.15) is 20.3 Å². The van der Waals surface area contributed by atoms with Gasteiger partial charge in [-0.25, -0.2) is 4.79 Å². The third kappa shape index (κ3) is 1.54. The molecule has 0 spiro atoms. The van der Waals surface area contributed by atoms with Gasteiger partial charge in [0, 0.05) is 12.0 Å². The summed E-state index contributed by atoms with van der Waals surface area (Å²) in [7, 11) is 0. The fraction of sp³-hybridized carbons (Fsp3) is 0.636. The summed E-state index contributed by atoms with van der Waals surface area (Å²) in [6.07, 6.45) is 2.39. The third-order valence-corrected chi connectivity index (χ3v) is 3.42. The predicted octanol–water partition coefficient (Wildman–Crippen LogP) is 1.22. The van der Waals surface area contributed by atoms with E-state index in [0.717, 1.165) is 0 Å². The molecule has 0 aromatic carbocycles. The molecule has 1 aliphatic carbocycles. The van der Waals surface area contributed by atoms with Crippen LogP contribution in [0.2, 0.25) is 0 Å². The molecule has 1 saturated carbocycles. The van der Waals surface area contributed by atoms with Gasteiger partial charge in [0.2, 0.25) is 0 Å². The molecule has 2 rings (SSSR count). The number of carbonyl (C=O) groups excluding carboxylic acids is 1. The average Bonchev–Trinajstić information content (AvgIpc) is 2.47. The molecule has 0 unspecified atom stereocenters. The van der Waals surface area contributed by atoms with E-state index >= 15 is 0 Å². The first kappa shape index (κ1) is 10.2. The number of hydrogen-bond donors (Lipinski definition) is 1. The van der Waals surface area contributed by atoms with Crippen molar-refractivity contribution >= 4 is 11.9 Å². The van der Waals surface area contributed by atoms with E-state index in [1.54, 1.807) is 6.08 Å². The van der Waals surface area contributed by atoms with Gasteiger partial charge in [-0.2, -0.15) is 0 Å². The fourth-order valence-corrected chi connectivity index (χ4v) is 2.28. The largest absolute Gasteiger partial charge is 0.481 e. The van der Waals surface area contributed by atoms with Crippen molar-refractivity contribution in [3.8, 4) is 0 Å². The lowest BCUT2D eigenvalue weighted by Gasteiger charge is -1.97. The maximum atomic E-state index is 11.2. The summed E-state index contributed by atoms with van der Waals surface area (Å²) >= 11 is 0. The summed E-state index contributed by atoms with van der Waals surface area (Å²) < 4.78 is 4.80. The van der Waals surface area contributed by atoms with Gasteiger partial charge in [0.1, 0.15) is 0 Å². The van der Waals surface area contributed by atoms with Crippen molar-refractivity contribution < 1.29 is 19.4 Å². The van der Waals surface area contributed by atoms with Crippen LogP contribution in [0.15, 0.2) is 11.6 Å². The number of allylic oxidation sites excluding steroid dienone is 1. The van der Waals surface area contributed by atoms with Crippen molar-refractivity contribution in [2.75, 3.05) is 6.61 Å². The van der Waals surface area contributed by atoms with Crippen molar-refractivity contribution in [3.05, 3.63) is 11.6 Å². The zero-order valence-electron chi connectivity index (χ0n) is 8.82. The molecule has 82 valence electrons. The Kier molecular flexibility index (Phi) is 2.10. The van der Waals surface area contributed by atoms with Crippen LogP contribution in [0.25, 0.3) is 0 Å². The van der Waals surface area contributed by atoms with Gasteiger partial charge < -0.3 is 9.84 Å². The Bertz CT molecular complexity index is 354. The number of cyclic esters (lactones) is 1. The molecule has 0 aromatic rings. The van der Waals surface area contributed by atoms with Gasteiger partial charge in [0.25, 0.3) is 0 Å². The van der Waals surface area contributed by atoms with Crippen LogP contribution in [0.4, 0.5) is 0 Å². The van der Waals surface area contributed by atoms with Crippen molar-refractivity contribution in [3.63, 3.8) is 0 Å². The topological polar surface area (TPSA) is 63.6 Å². The second-order valence-corrected chi connectivity index (χ2v) is 4.74. The minimum Gasteiger partial charge on any atom is -0.481 e. The normalized spacial score (nSPS) is 35.3. The number of carbonyl (C=O) groups is 2. The maximum Gasteiger partial charge on any atom is 0.333 e. The molecule has 2 fully saturated rings. The average molecular weight is 210 g/mol. The minimum absolute atomic E-state index is 0.0318. The quantitative estimate of drug-likeness (QED) is 0.549. The first-order valence-corrected chi connectivity index (χ1v) is 5.05. The molecule has 1 aliphatic heterocycles. The maximum absolute atomic E-state index is 11.2. The van der Waals surface area contributed by atoms with Crippen molar-refractivity contribution in [1.82, 2.24) is 0 Å². The van der Waals surface area contributed by atoms with Gasteiger partial charge in [-0.15, -0.1) is 0 Å². The first-order valence-electron chi connectivity index (χ1n) is 5.05. The first-order chi connectivity index (χ1) is 6.94. The Morgan fingerprint density at radius 1 is 1.60 bits per heavy atom. The molecule has 2 atom stereocenters. The lowest BCUT2D eigenvalue weighted by molar-refractivity contribution is -0.139. The van der Waals surface area contributed by atoms with E-state index in [-0.39, 0.29) is 23.2 Å². The van der Waals surface area contributed by atoms with E-state index < -0.39 is 5.97 Å². The summed E-state index contributed by atoms with van der Waals surface area (Å²) in [4.78, 5) is 22.1. The van der Waals surface area contributed by atoms with Crippen molar-refractivity contribution in [1.29, 1.82) is 0 Å². The lowest BCUT2D eigenvalue weighted by atomic mass is 10.1. The van der Waals surface area contributed by atoms with Gasteiger partial charge in [-0.05, 0) is 11.3 Å². The van der Waals surface area contributed by atoms with Crippen LogP contribution in [0.5, 0.6) is 0 Å². The molecule has 1 heterocycles. The summed E-state index contributed by atoms with van der Waals surface area (Å²) in [5, 5.41) is 8.95. The molecule has 0 bridgehead atoms. The van der Waals surface area contributed by atoms with Gasteiger partial charge >= 0.3 is 11.9 Å². The van der Waals surface area contributed by atoms with Gasteiger partial charge in [-0.1, -0.05) is 19.9 Å². The standard InChI is InChI=1S/C11H14O4/c1-11(2)7(8(11)9(12)13)5-6-3-4-15-10(6)14/h5,7-8H,3-4H2,1-2H3,(H,12,13)/t7-,8-/m0/s1. The molecule has 1 N–H and O–H groups in total. The van der Waals surface area contributed by atoms with E-state index in [4.69, 9.17) is 9.84 Å². The highest BCUT2D eigenvalue weighted by Gasteiger charge is 2.61. The van der Waals surface area contributed by atoms with Gasteiger partial charge in [0.15, 0.2) is 0 Å². The molecule has 4 nitrogen and oxygen atoms in total. The minimum atomic E-state index is -0.784. The molecular weight excluding hydrogens is 196 g/mol. The monoisotopic (exact) mass is 210 g/mol. The summed E-state index contributed by atoms with van der Waals surface area (Å²) in [6, 6.07) is 0. The zero-order chi connectivity index (χ0) is 11.2. The van der Waals surface area contributed by atoms with E-state index in [9.17, 15) is 9.59 Å². The number of carboxylic acids is 1. The SMILES string of the molecule is CC1(C)[C@H](C(=O)O)[C@@H]1C=C1CCOC1=O. The number of aliphatic carboxylic acids is 1. The highest BCUT2D eigenvalue weighted by Crippen LogP contribution is 2.59. The van der Waals surface area contributed by atoms with E-state index in [0.29, 0.717) is 18.6 Å². The van der Waals surface area contributed by atoms with E-state index in [2.05, 4.69) is 0 Å².